The zero-order chi connectivity index (χ0) is 27.5. The maximum atomic E-state index is 13.3. The highest BCUT2D eigenvalue weighted by atomic mass is 16.4. The number of phenols is 1. The van der Waals surface area contributed by atoms with E-state index < -0.39 is 47.9 Å². The molecule has 10 heteroatoms. The third-order valence-electron chi connectivity index (χ3n) is 6.17. The highest BCUT2D eigenvalue weighted by Crippen LogP contribution is 2.13. The number of carbonyl (C=O) groups is 4. The van der Waals surface area contributed by atoms with Gasteiger partial charge in [0, 0.05) is 6.42 Å². The molecule has 0 aliphatic carbocycles. The summed E-state index contributed by atoms with van der Waals surface area (Å²) in [6, 6.07) is 11.2. The number of aliphatic carboxylic acids is 1. The molecule has 0 aromatic heterocycles. The number of benzene rings is 2. The molecule has 0 heterocycles. The van der Waals surface area contributed by atoms with Gasteiger partial charge in [-0.1, -0.05) is 62.7 Å². The Kier molecular flexibility index (Phi) is 11.1. The third-order valence-corrected chi connectivity index (χ3v) is 6.17. The lowest BCUT2D eigenvalue weighted by atomic mass is 9.96. The number of rotatable bonds is 13. The van der Waals surface area contributed by atoms with Gasteiger partial charge in [0.15, 0.2) is 0 Å². The van der Waals surface area contributed by atoms with Gasteiger partial charge in [-0.2, -0.15) is 0 Å². The first-order chi connectivity index (χ1) is 17.5. The predicted molar refractivity (Wildman–Crippen MR) is 138 cm³/mol. The van der Waals surface area contributed by atoms with E-state index in [1.54, 1.807) is 19.1 Å². The Morgan fingerprint density at radius 2 is 1.41 bits per heavy atom. The molecule has 0 fully saturated rings. The van der Waals surface area contributed by atoms with E-state index in [0.717, 1.165) is 5.56 Å². The standard InChI is InChI=1S/C27H36N4O6/c1-4-16(2)23(31-24(33)21(28)14-18-8-6-5-7-9-18)26(35)30-22(25(34)29-17(3)27(36)37)15-19-10-12-20(32)13-11-19/h5-13,16-17,21-23,32H,4,14-15,28H2,1-3H3,(H,29,34)(H,30,35)(H,31,33)(H,36,37). The number of hydrogen-bond donors (Lipinski definition) is 6. The fourth-order valence-electron chi connectivity index (χ4n) is 3.64. The van der Waals surface area contributed by atoms with Crippen molar-refractivity contribution in [2.45, 2.75) is 64.2 Å². The van der Waals surface area contributed by atoms with Gasteiger partial charge in [-0.15, -0.1) is 0 Å². The highest BCUT2D eigenvalue weighted by Gasteiger charge is 2.32. The molecule has 0 bridgehead atoms. The molecule has 5 atom stereocenters. The van der Waals surface area contributed by atoms with Crippen LogP contribution in [0.3, 0.4) is 0 Å². The van der Waals surface area contributed by atoms with Gasteiger partial charge in [-0.25, -0.2) is 0 Å². The van der Waals surface area contributed by atoms with E-state index in [1.807, 2.05) is 37.3 Å². The van der Waals surface area contributed by atoms with Gasteiger partial charge in [-0.05, 0) is 42.5 Å². The molecule has 5 unspecified atom stereocenters. The quantitative estimate of drug-likeness (QED) is 0.233. The average Bonchev–Trinajstić information content (AvgIpc) is 2.87. The van der Waals surface area contributed by atoms with E-state index in [4.69, 9.17) is 5.73 Å². The Morgan fingerprint density at radius 1 is 0.811 bits per heavy atom. The number of hydrogen-bond acceptors (Lipinski definition) is 6. The van der Waals surface area contributed by atoms with Gasteiger partial charge in [0.2, 0.25) is 17.7 Å². The smallest absolute Gasteiger partial charge is 0.325 e. The predicted octanol–water partition coefficient (Wildman–Crippen LogP) is 1.11. The topological polar surface area (TPSA) is 171 Å². The van der Waals surface area contributed by atoms with Crippen molar-refractivity contribution in [1.29, 1.82) is 0 Å². The zero-order valence-corrected chi connectivity index (χ0v) is 21.3. The van der Waals surface area contributed by atoms with Crippen LogP contribution in [0.5, 0.6) is 5.75 Å². The summed E-state index contributed by atoms with van der Waals surface area (Å²) in [6.07, 6.45) is 0.899. The summed E-state index contributed by atoms with van der Waals surface area (Å²) in [7, 11) is 0. The molecule has 2 aromatic carbocycles. The van der Waals surface area contributed by atoms with Gasteiger partial charge in [0.1, 0.15) is 23.9 Å². The Hall–Kier alpha value is -3.92. The molecule has 0 radical (unpaired) electrons. The first-order valence-corrected chi connectivity index (χ1v) is 12.2. The number of aromatic hydroxyl groups is 1. The Labute approximate surface area is 216 Å². The SMILES string of the molecule is CCC(C)C(NC(=O)C(N)Cc1ccccc1)C(=O)NC(Cc1ccc(O)cc1)C(=O)NC(C)C(=O)O. The summed E-state index contributed by atoms with van der Waals surface area (Å²) in [5.74, 6) is -3.23. The van der Waals surface area contributed by atoms with Crippen molar-refractivity contribution in [3.8, 4) is 5.75 Å². The molecule has 0 saturated carbocycles. The molecular formula is C27H36N4O6. The number of nitrogens with one attached hydrogen (secondary N) is 3. The van der Waals surface area contributed by atoms with Crippen LogP contribution in [0.1, 0.15) is 38.3 Å². The number of carboxylic acids is 1. The molecule has 3 amide bonds. The molecule has 0 aliphatic heterocycles. The van der Waals surface area contributed by atoms with E-state index in [9.17, 15) is 29.4 Å². The number of amides is 3. The lowest BCUT2D eigenvalue weighted by Gasteiger charge is -2.28. The molecular weight excluding hydrogens is 476 g/mol. The van der Waals surface area contributed by atoms with E-state index in [-0.39, 0.29) is 18.1 Å². The third kappa shape index (κ3) is 9.23. The summed E-state index contributed by atoms with van der Waals surface area (Å²) in [4.78, 5) is 50.4. The Morgan fingerprint density at radius 3 is 1.97 bits per heavy atom. The Balaban J connectivity index is 2.19. The molecule has 10 nitrogen and oxygen atoms in total. The molecule has 7 N–H and O–H groups in total. The molecule has 0 spiro atoms. The number of nitrogens with two attached hydrogens (primary N) is 1. The second-order valence-corrected chi connectivity index (χ2v) is 9.17. The van der Waals surface area contributed by atoms with Crippen LogP contribution in [0, 0.1) is 5.92 Å². The van der Waals surface area contributed by atoms with Crippen molar-refractivity contribution in [3.05, 3.63) is 65.7 Å². The lowest BCUT2D eigenvalue weighted by molar-refractivity contribution is -0.141. The van der Waals surface area contributed by atoms with Gasteiger partial charge in [0.25, 0.3) is 0 Å². The van der Waals surface area contributed by atoms with Crippen molar-refractivity contribution in [3.63, 3.8) is 0 Å². The zero-order valence-electron chi connectivity index (χ0n) is 21.3. The second kappa shape index (κ2) is 14.0. The van der Waals surface area contributed by atoms with Gasteiger partial charge < -0.3 is 31.9 Å². The van der Waals surface area contributed by atoms with Crippen LogP contribution < -0.4 is 21.7 Å². The van der Waals surface area contributed by atoms with Crippen molar-refractivity contribution < 1.29 is 29.4 Å². The first kappa shape index (κ1) is 29.3. The largest absolute Gasteiger partial charge is 0.508 e. The van der Waals surface area contributed by atoms with Gasteiger partial charge in [0.05, 0.1) is 6.04 Å². The van der Waals surface area contributed by atoms with Crippen LogP contribution in [0.15, 0.2) is 54.6 Å². The average molecular weight is 513 g/mol. The minimum absolute atomic E-state index is 0.0406. The fraction of sp³-hybridized carbons (Fsp3) is 0.407. The van der Waals surface area contributed by atoms with E-state index in [0.29, 0.717) is 18.4 Å². The number of carbonyl (C=O) groups excluding carboxylic acids is 3. The molecule has 200 valence electrons. The van der Waals surface area contributed by atoms with E-state index >= 15 is 0 Å². The summed E-state index contributed by atoms with van der Waals surface area (Å²) >= 11 is 0. The monoisotopic (exact) mass is 512 g/mol. The maximum absolute atomic E-state index is 13.3. The summed E-state index contributed by atoms with van der Waals surface area (Å²) < 4.78 is 0. The Bertz CT molecular complexity index is 1060. The van der Waals surface area contributed by atoms with Gasteiger partial charge in [-0.3, -0.25) is 19.2 Å². The molecule has 2 rings (SSSR count). The van der Waals surface area contributed by atoms with Crippen LogP contribution >= 0.6 is 0 Å². The normalized spacial score (nSPS) is 14.9. The fourth-order valence-corrected chi connectivity index (χ4v) is 3.64. The van der Waals surface area contributed by atoms with E-state index in [1.165, 1.54) is 19.1 Å². The van der Waals surface area contributed by atoms with E-state index in [2.05, 4.69) is 16.0 Å². The summed E-state index contributed by atoms with van der Waals surface area (Å²) in [5.41, 5.74) is 7.62. The van der Waals surface area contributed by atoms with Crippen LogP contribution in [0.2, 0.25) is 0 Å². The number of phenolic OH excluding ortho intramolecular Hbond substituents is 1. The maximum Gasteiger partial charge on any atom is 0.325 e. The van der Waals surface area contributed by atoms with Crippen molar-refractivity contribution >= 4 is 23.7 Å². The molecule has 37 heavy (non-hydrogen) atoms. The first-order valence-electron chi connectivity index (χ1n) is 12.2. The molecule has 2 aromatic rings. The summed E-state index contributed by atoms with van der Waals surface area (Å²) in [6.45, 7) is 4.99. The second-order valence-electron chi connectivity index (χ2n) is 9.17. The lowest BCUT2D eigenvalue weighted by Crippen LogP contribution is -2.59. The molecule has 0 saturated heterocycles. The minimum Gasteiger partial charge on any atom is -0.508 e. The van der Waals surface area contributed by atoms with Crippen LogP contribution in [0.4, 0.5) is 0 Å². The van der Waals surface area contributed by atoms with Crippen LogP contribution in [-0.4, -0.2) is 58.1 Å². The van der Waals surface area contributed by atoms with Crippen molar-refractivity contribution in [2.75, 3.05) is 0 Å². The molecule has 0 aliphatic rings. The highest BCUT2D eigenvalue weighted by molar-refractivity contribution is 5.94. The van der Waals surface area contributed by atoms with Gasteiger partial charge >= 0.3 is 5.97 Å². The van der Waals surface area contributed by atoms with Crippen LogP contribution in [0.25, 0.3) is 0 Å². The minimum atomic E-state index is -1.22. The number of carboxylic acid groups (broad SMARTS) is 1. The van der Waals surface area contributed by atoms with Crippen LogP contribution in [-0.2, 0) is 32.0 Å². The van der Waals surface area contributed by atoms with Crippen molar-refractivity contribution in [1.82, 2.24) is 16.0 Å². The summed E-state index contributed by atoms with van der Waals surface area (Å²) in [5, 5.41) is 26.5. The van der Waals surface area contributed by atoms with Crippen molar-refractivity contribution in [2.24, 2.45) is 11.7 Å².